The van der Waals surface area contributed by atoms with Crippen molar-refractivity contribution in [1.29, 1.82) is 0 Å². The van der Waals surface area contributed by atoms with Gasteiger partial charge in [0.2, 0.25) is 5.91 Å². The lowest BCUT2D eigenvalue weighted by molar-refractivity contribution is -0.120. The Hall–Kier alpha value is -1.62. The Balaban J connectivity index is 1.84. The lowest BCUT2D eigenvalue weighted by Crippen LogP contribution is -2.29. The van der Waals surface area contributed by atoms with Crippen LogP contribution in [0.3, 0.4) is 0 Å². The van der Waals surface area contributed by atoms with Crippen LogP contribution < -0.4 is 10.6 Å². The van der Waals surface area contributed by atoms with Crippen molar-refractivity contribution in [3.05, 3.63) is 28.6 Å². The minimum absolute atomic E-state index is 0.125. The molecule has 0 aromatic carbocycles. The zero-order chi connectivity index (χ0) is 16.8. The maximum absolute atomic E-state index is 12.1. The van der Waals surface area contributed by atoms with Crippen LogP contribution in [0.2, 0.25) is 0 Å². The molecule has 0 unspecified atom stereocenters. The number of hydrogen-bond donors (Lipinski definition) is 2. The van der Waals surface area contributed by atoms with Crippen molar-refractivity contribution in [3.8, 4) is 0 Å². The first-order valence-electron chi connectivity index (χ1n) is 8.65. The van der Waals surface area contributed by atoms with E-state index in [0.29, 0.717) is 18.9 Å². The van der Waals surface area contributed by atoms with Gasteiger partial charge in [0.05, 0.1) is 5.69 Å². The number of carbonyl (C=O) groups excluding carboxylic acids is 1. The molecule has 0 saturated heterocycles. The molecule has 0 bridgehead atoms. The van der Waals surface area contributed by atoms with Crippen molar-refractivity contribution >= 4 is 5.91 Å². The molecule has 5 nitrogen and oxygen atoms in total. The predicted octanol–water partition coefficient (Wildman–Crippen LogP) is 2.12. The molecule has 0 atom stereocenters. The largest absolute Gasteiger partial charge is 0.352 e. The van der Waals surface area contributed by atoms with Gasteiger partial charge in [0.25, 0.3) is 0 Å². The smallest absolute Gasteiger partial charge is 0.220 e. The van der Waals surface area contributed by atoms with Gasteiger partial charge in [-0.3, -0.25) is 9.48 Å². The Morgan fingerprint density at radius 1 is 1.43 bits per heavy atom. The Morgan fingerprint density at radius 3 is 2.87 bits per heavy atom. The van der Waals surface area contributed by atoms with Gasteiger partial charge in [0.1, 0.15) is 0 Å². The fraction of sp³-hybridized carbons (Fsp3) is 0.667. The number of nitrogens with zero attached hydrogens (tertiary/aromatic N) is 2. The number of amides is 1. The minimum atomic E-state index is 0.125. The normalized spacial score (nSPS) is 14.9. The van der Waals surface area contributed by atoms with Crippen LogP contribution in [-0.4, -0.2) is 35.3 Å². The molecular formula is C18H30N4O. The molecule has 128 valence electrons. The summed E-state index contributed by atoms with van der Waals surface area (Å²) in [5, 5.41) is 10.9. The van der Waals surface area contributed by atoms with Crippen LogP contribution in [0.4, 0.5) is 0 Å². The van der Waals surface area contributed by atoms with Crippen LogP contribution >= 0.6 is 0 Å². The van der Waals surface area contributed by atoms with Gasteiger partial charge in [0, 0.05) is 31.7 Å². The summed E-state index contributed by atoms with van der Waals surface area (Å²) in [4.78, 5) is 12.1. The number of rotatable bonds is 7. The molecule has 1 amide bonds. The molecule has 1 aliphatic rings. The second kappa shape index (κ2) is 8.29. The highest BCUT2D eigenvalue weighted by molar-refractivity contribution is 5.76. The van der Waals surface area contributed by atoms with Gasteiger partial charge in [-0.25, -0.2) is 0 Å². The maximum atomic E-state index is 12.1. The van der Waals surface area contributed by atoms with Crippen molar-refractivity contribution in [2.45, 2.75) is 53.5 Å². The molecule has 2 N–H and O–H groups in total. The van der Waals surface area contributed by atoms with Crippen LogP contribution in [-0.2, 0) is 17.8 Å². The van der Waals surface area contributed by atoms with E-state index in [1.807, 2.05) is 6.92 Å². The highest BCUT2D eigenvalue weighted by atomic mass is 16.1. The van der Waals surface area contributed by atoms with E-state index in [-0.39, 0.29) is 5.91 Å². The van der Waals surface area contributed by atoms with Gasteiger partial charge in [0.15, 0.2) is 0 Å². The van der Waals surface area contributed by atoms with E-state index in [1.54, 1.807) is 0 Å². The molecule has 0 aliphatic carbocycles. The van der Waals surface area contributed by atoms with Crippen molar-refractivity contribution in [2.24, 2.45) is 5.92 Å². The summed E-state index contributed by atoms with van der Waals surface area (Å²) in [5.41, 5.74) is 4.80. The zero-order valence-corrected chi connectivity index (χ0v) is 14.9. The molecule has 0 saturated carbocycles. The summed E-state index contributed by atoms with van der Waals surface area (Å²) in [6.07, 6.45) is 4.50. The molecule has 5 heteroatoms. The molecule has 1 aromatic heterocycles. The van der Waals surface area contributed by atoms with E-state index in [1.165, 1.54) is 16.8 Å². The van der Waals surface area contributed by atoms with E-state index in [2.05, 4.69) is 47.3 Å². The second-order valence-electron chi connectivity index (χ2n) is 6.82. The third-order valence-electron chi connectivity index (χ3n) is 4.34. The van der Waals surface area contributed by atoms with E-state index < -0.39 is 0 Å². The quantitative estimate of drug-likeness (QED) is 0.757. The maximum Gasteiger partial charge on any atom is 0.220 e. The standard InChI is InChI=1S/C18H30N4O/c1-13(2)12-22-15(4)17(14(3)21-22)5-6-18(23)20-11-16-7-9-19-10-8-16/h7,13,19H,5-6,8-12H2,1-4H3,(H,20,23). The average molecular weight is 318 g/mol. The molecule has 2 rings (SSSR count). The number of hydrogen-bond acceptors (Lipinski definition) is 3. The van der Waals surface area contributed by atoms with E-state index in [4.69, 9.17) is 0 Å². The second-order valence-corrected chi connectivity index (χ2v) is 6.82. The minimum Gasteiger partial charge on any atom is -0.352 e. The first kappa shape index (κ1) is 17.7. The number of carbonyl (C=O) groups is 1. The summed E-state index contributed by atoms with van der Waals surface area (Å²) >= 11 is 0. The van der Waals surface area contributed by atoms with Crippen molar-refractivity contribution in [2.75, 3.05) is 19.6 Å². The first-order valence-corrected chi connectivity index (χ1v) is 8.65. The third kappa shape index (κ3) is 5.20. The molecule has 1 aliphatic heterocycles. The lowest BCUT2D eigenvalue weighted by atomic mass is 10.1. The number of aryl methyl sites for hydroxylation is 1. The average Bonchev–Trinajstić information content (AvgIpc) is 2.77. The predicted molar refractivity (Wildman–Crippen MR) is 93.4 cm³/mol. The van der Waals surface area contributed by atoms with Gasteiger partial charge in [-0.15, -0.1) is 0 Å². The molecule has 0 radical (unpaired) electrons. The molecular weight excluding hydrogens is 288 g/mol. The van der Waals surface area contributed by atoms with Gasteiger partial charge >= 0.3 is 0 Å². The highest BCUT2D eigenvalue weighted by Crippen LogP contribution is 2.16. The van der Waals surface area contributed by atoms with Crippen molar-refractivity contribution in [1.82, 2.24) is 20.4 Å². The SMILES string of the molecule is Cc1nn(CC(C)C)c(C)c1CCC(=O)NCC1=CCNCC1. The first-order chi connectivity index (χ1) is 11.0. The number of aromatic nitrogens is 2. The van der Waals surface area contributed by atoms with Crippen molar-refractivity contribution < 1.29 is 4.79 Å². The molecule has 0 spiro atoms. The fourth-order valence-corrected chi connectivity index (χ4v) is 2.99. The van der Waals surface area contributed by atoms with E-state index in [0.717, 1.165) is 38.2 Å². The van der Waals surface area contributed by atoms with Crippen LogP contribution in [0.1, 0.15) is 43.6 Å². The zero-order valence-electron chi connectivity index (χ0n) is 14.9. The Kier molecular flexibility index (Phi) is 6.39. The van der Waals surface area contributed by atoms with Gasteiger partial charge < -0.3 is 10.6 Å². The van der Waals surface area contributed by atoms with Crippen LogP contribution in [0, 0.1) is 19.8 Å². The van der Waals surface area contributed by atoms with Crippen LogP contribution in [0.5, 0.6) is 0 Å². The molecule has 2 heterocycles. The lowest BCUT2D eigenvalue weighted by Gasteiger charge is -2.14. The monoisotopic (exact) mass is 318 g/mol. The van der Waals surface area contributed by atoms with Gasteiger partial charge in [-0.05, 0) is 44.7 Å². The molecule has 0 fully saturated rings. The van der Waals surface area contributed by atoms with E-state index in [9.17, 15) is 4.79 Å². The fourth-order valence-electron chi connectivity index (χ4n) is 2.99. The summed E-state index contributed by atoms with van der Waals surface area (Å²) < 4.78 is 2.08. The molecule has 23 heavy (non-hydrogen) atoms. The topological polar surface area (TPSA) is 59.0 Å². The van der Waals surface area contributed by atoms with Crippen LogP contribution in [0.25, 0.3) is 0 Å². The summed E-state index contributed by atoms with van der Waals surface area (Å²) in [6, 6.07) is 0. The summed E-state index contributed by atoms with van der Waals surface area (Å²) in [5.74, 6) is 0.697. The Morgan fingerprint density at radius 2 is 2.22 bits per heavy atom. The Labute approximate surface area is 139 Å². The van der Waals surface area contributed by atoms with Crippen LogP contribution in [0.15, 0.2) is 11.6 Å². The summed E-state index contributed by atoms with van der Waals surface area (Å²) in [6.45, 7) is 12.1. The molecule has 1 aromatic rings. The highest BCUT2D eigenvalue weighted by Gasteiger charge is 2.14. The van der Waals surface area contributed by atoms with Gasteiger partial charge in [-0.2, -0.15) is 5.10 Å². The Bertz CT molecular complexity index is 572. The number of nitrogens with one attached hydrogen (secondary N) is 2. The summed E-state index contributed by atoms with van der Waals surface area (Å²) in [7, 11) is 0. The van der Waals surface area contributed by atoms with Gasteiger partial charge in [-0.1, -0.05) is 25.5 Å². The van der Waals surface area contributed by atoms with E-state index >= 15 is 0 Å². The van der Waals surface area contributed by atoms with Crippen molar-refractivity contribution in [3.63, 3.8) is 0 Å². The third-order valence-corrected chi connectivity index (χ3v) is 4.34.